The summed E-state index contributed by atoms with van der Waals surface area (Å²) in [4.78, 5) is 18.0. The highest BCUT2D eigenvalue weighted by molar-refractivity contribution is 7.92. The molecule has 1 aliphatic heterocycles. The monoisotopic (exact) mass is 496 g/mol. The van der Waals surface area contributed by atoms with Gasteiger partial charge in [0.1, 0.15) is 0 Å². The molecule has 34 heavy (non-hydrogen) atoms. The Morgan fingerprint density at radius 3 is 2.41 bits per heavy atom. The minimum absolute atomic E-state index is 0.0163. The smallest absolute Gasteiger partial charge is 0.378 e. The van der Waals surface area contributed by atoms with Crippen LogP contribution in [0.1, 0.15) is 21.8 Å². The van der Waals surface area contributed by atoms with Crippen LogP contribution in [0.25, 0.3) is 11.4 Å². The summed E-state index contributed by atoms with van der Waals surface area (Å²) in [6.07, 6.45) is -4.53. The van der Waals surface area contributed by atoms with Gasteiger partial charge in [0, 0.05) is 24.3 Å². The number of alkyl halides is 3. The Hall–Kier alpha value is -3.45. The first-order valence-electron chi connectivity index (χ1n) is 10.1. The van der Waals surface area contributed by atoms with Gasteiger partial charge in [0.25, 0.3) is 10.0 Å². The molecule has 0 atom stereocenters. The molecular formula is C21H19F3N4O5S. The lowest BCUT2D eigenvalue weighted by Crippen LogP contribution is -2.40. The number of aryl methyl sites for hydroxylation is 1. The van der Waals surface area contributed by atoms with Crippen LogP contribution in [0.2, 0.25) is 0 Å². The van der Waals surface area contributed by atoms with Crippen molar-refractivity contribution in [1.82, 2.24) is 15.0 Å². The number of nitrogens with one attached hydrogen (secondary N) is 1. The van der Waals surface area contributed by atoms with Gasteiger partial charge in [0.05, 0.1) is 23.7 Å². The van der Waals surface area contributed by atoms with Crippen molar-refractivity contribution in [3.8, 4) is 11.4 Å². The second-order valence-corrected chi connectivity index (χ2v) is 9.14. The lowest BCUT2D eigenvalue weighted by atomic mass is 10.1. The van der Waals surface area contributed by atoms with E-state index in [0.717, 1.165) is 24.3 Å². The molecule has 3 aromatic rings. The topological polar surface area (TPSA) is 115 Å². The number of carbonyl (C=O) groups is 1. The van der Waals surface area contributed by atoms with Crippen LogP contribution in [-0.2, 0) is 20.9 Å². The molecule has 1 saturated heterocycles. The first kappa shape index (κ1) is 23.7. The van der Waals surface area contributed by atoms with Crippen LogP contribution in [-0.4, -0.2) is 55.7 Å². The second-order valence-electron chi connectivity index (χ2n) is 7.49. The minimum Gasteiger partial charge on any atom is -0.378 e. The molecule has 0 unspecified atom stereocenters. The van der Waals surface area contributed by atoms with Gasteiger partial charge < -0.3 is 14.2 Å². The molecule has 0 spiro atoms. The molecule has 1 N–H and O–H groups in total. The Morgan fingerprint density at radius 2 is 1.76 bits per heavy atom. The normalized spacial score (nSPS) is 14.8. The van der Waals surface area contributed by atoms with Crippen molar-refractivity contribution in [1.29, 1.82) is 0 Å². The molecule has 1 aliphatic rings. The number of sulfonamides is 1. The first-order valence-corrected chi connectivity index (χ1v) is 11.5. The minimum atomic E-state index is -4.53. The lowest BCUT2D eigenvalue weighted by Gasteiger charge is -2.25. The maximum atomic E-state index is 12.9. The van der Waals surface area contributed by atoms with E-state index in [1.165, 1.54) is 17.0 Å². The standard InChI is InChI=1S/C21H19F3N4O5S/c1-13-2-3-14(18-25-19(33-26-18)20(29)28-8-10-32-11-9-28)12-17(13)34(30,31)27-16-6-4-15(5-7-16)21(22,23)24/h2-7,12,27H,8-11H2,1H3. The molecule has 0 bridgehead atoms. The zero-order valence-corrected chi connectivity index (χ0v) is 18.6. The molecule has 4 rings (SSSR count). The Morgan fingerprint density at radius 1 is 1.09 bits per heavy atom. The third-order valence-electron chi connectivity index (χ3n) is 5.11. The summed E-state index contributed by atoms with van der Waals surface area (Å²) in [5.74, 6) is -0.668. The van der Waals surface area contributed by atoms with Crippen LogP contribution in [0.5, 0.6) is 0 Å². The highest BCUT2D eigenvalue weighted by Crippen LogP contribution is 2.31. The first-order chi connectivity index (χ1) is 16.0. The molecule has 9 nitrogen and oxygen atoms in total. The fraction of sp³-hybridized carbons (Fsp3) is 0.286. The van der Waals surface area contributed by atoms with Crippen molar-refractivity contribution in [3.63, 3.8) is 0 Å². The molecule has 0 radical (unpaired) electrons. The van der Waals surface area contributed by atoms with Gasteiger partial charge in [-0.1, -0.05) is 17.3 Å². The van der Waals surface area contributed by atoms with E-state index in [1.54, 1.807) is 13.0 Å². The highest BCUT2D eigenvalue weighted by atomic mass is 32.2. The number of rotatable bonds is 5. The number of benzene rings is 2. The average molecular weight is 496 g/mol. The van der Waals surface area contributed by atoms with Gasteiger partial charge in [0.15, 0.2) is 0 Å². The number of nitrogens with zero attached hydrogens (tertiary/aromatic N) is 3. The van der Waals surface area contributed by atoms with Gasteiger partial charge in [-0.25, -0.2) is 8.42 Å². The summed E-state index contributed by atoms with van der Waals surface area (Å²) in [5.41, 5.74) is -0.261. The molecule has 1 amide bonds. The maximum absolute atomic E-state index is 12.9. The van der Waals surface area contributed by atoms with E-state index in [-0.39, 0.29) is 27.9 Å². The number of hydrogen-bond donors (Lipinski definition) is 1. The van der Waals surface area contributed by atoms with Gasteiger partial charge in [0.2, 0.25) is 5.82 Å². The number of halogens is 3. The fourth-order valence-electron chi connectivity index (χ4n) is 3.30. The quantitative estimate of drug-likeness (QED) is 0.576. The van der Waals surface area contributed by atoms with Crippen LogP contribution in [0, 0.1) is 6.92 Å². The number of carbonyl (C=O) groups excluding carboxylic acids is 1. The molecule has 1 aromatic heterocycles. The summed E-state index contributed by atoms with van der Waals surface area (Å²) in [6, 6.07) is 8.03. The largest absolute Gasteiger partial charge is 0.416 e. The van der Waals surface area contributed by atoms with Crippen molar-refractivity contribution < 1.29 is 35.6 Å². The molecule has 2 aromatic carbocycles. The zero-order chi connectivity index (χ0) is 24.5. The molecule has 0 saturated carbocycles. The van der Waals surface area contributed by atoms with Crippen molar-refractivity contribution >= 4 is 21.6 Å². The molecule has 1 fully saturated rings. The van der Waals surface area contributed by atoms with E-state index < -0.39 is 27.7 Å². The number of ether oxygens (including phenoxy) is 1. The van der Waals surface area contributed by atoms with Crippen LogP contribution >= 0.6 is 0 Å². The zero-order valence-electron chi connectivity index (χ0n) is 17.8. The van der Waals surface area contributed by atoms with Gasteiger partial charge in [-0.3, -0.25) is 9.52 Å². The van der Waals surface area contributed by atoms with Gasteiger partial charge >= 0.3 is 18.0 Å². The summed E-state index contributed by atoms with van der Waals surface area (Å²) < 4.78 is 76.7. The summed E-state index contributed by atoms with van der Waals surface area (Å²) >= 11 is 0. The van der Waals surface area contributed by atoms with Gasteiger partial charge in [-0.05, 0) is 42.8 Å². The summed E-state index contributed by atoms with van der Waals surface area (Å²) in [7, 11) is -4.16. The highest BCUT2D eigenvalue weighted by Gasteiger charge is 2.30. The summed E-state index contributed by atoms with van der Waals surface area (Å²) in [6.45, 7) is 3.14. The van der Waals surface area contributed by atoms with Crippen molar-refractivity contribution in [2.75, 3.05) is 31.0 Å². The molecular weight excluding hydrogens is 477 g/mol. The van der Waals surface area contributed by atoms with Gasteiger partial charge in [-0.15, -0.1) is 0 Å². The second kappa shape index (κ2) is 9.06. The van der Waals surface area contributed by atoms with Gasteiger partial charge in [-0.2, -0.15) is 18.2 Å². The number of anilines is 1. The van der Waals surface area contributed by atoms with E-state index in [4.69, 9.17) is 9.26 Å². The van der Waals surface area contributed by atoms with Crippen LogP contribution in [0.4, 0.5) is 18.9 Å². The number of aromatic nitrogens is 2. The maximum Gasteiger partial charge on any atom is 0.416 e. The van der Waals surface area contributed by atoms with E-state index in [1.807, 2.05) is 0 Å². The Labute approximate surface area is 192 Å². The SMILES string of the molecule is Cc1ccc(-c2noc(C(=O)N3CCOCC3)n2)cc1S(=O)(=O)Nc1ccc(C(F)(F)F)cc1. The van der Waals surface area contributed by atoms with Crippen LogP contribution < -0.4 is 4.72 Å². The van der Waals surface area contributed by atoms with E-state index >= 15 is 0 Å². The Balaban J connectivity index is 1.57. The van der Waals surface area contributed by atoms with E-state index in [0.29, 0.717) is 31.9 Å². The third-order valence-corrected chi connectivity index (χ3v) is 6.63. The number of hydrogen-bond acceptors (Lipinski definition) is 7. The lowest BCUT2D eigenvalue weighted by molar-refractivity contribution is -0.137. The van der Waals surface area contributed by atoms with E-state index in [2.05, 4.69) is 14.9 Å². The molecule has 180 valence electrons. The molecule has 2 heterocycles. The molecule has 0 aliphatic carbocycles. The van der Waals surface area contributed by atoms with Crippen LogP contribution in [0.15, 0.2) is 51.9 Å². The van der Waals surface area contributed by atoms with E-state index in [9.17, 15) is 26.4 Å². The number of morpholine rings is 1. The third kappa shape index (κ3) is 5.04. The summed E-state index contributed by atoms with van der Waals surface area (Å²) in [5, 5.41) is 3.79. The fourth-order valence-corrected chi connectivity index (χ4v) is 4.63. The Bertz CT molecular complexity index is 1300. The van der Waals surface area contributed by atoms with Crippen molar-refractivity contribution in [2.24, 2.45) is 0 Å². The number of amides is 1. The van der Waals surface area contributed by atoms with Crippen molar-refractivity contribution in [3.05, 3.63) is 59.5 Å². The Kier molecular flexibility index (Phi) is 6.32. The average Bonchev–Trinajstić information content (AvgIpc) is 3.29. The van der Waals surface area contributed by atoms with Crippen LogP contribution in [0.3, 0.4) is 0 Å². The van der Waals surface area contributed by atoms with Crippen molar-refractivity contribution in [2.45, 2.75) is 18.0 Å². The predicted molar refractivity (Wildman–Crippen MR) is 113 cm³/mol. The molecule has 13 heteroatoms. The predicted octanol–water partition coefficient (Wildman–Crippen LogP) is 3.34.